The lowest BCUT2D eigenvalue weighted by Gasteiger charge is -2.35. The predicted molar refractivity (Wildman–Crippen MR) is 63.8 cm³/mol. The SMILES string of the molecule is CN1C(=O)N(c2ccccc2)C(=O)C2(CC2)C1=O. The van der Waals surface area contributed by atoms with E-state index in [0.29, 0.717) is 18.5 Å². The molecule has 0 N–H and O–H groups in total. The van der Waals surface area contributed by atoms with Crippen LogP contribution in [0.4, 0.5) is 10.5 Å². The summed E-state index contributed by atoms with van der Waals surface area (Å²) in [5.41, 5.74) is -0.462. The molecule has 2 aliphatic rings. The van der Waals surface area contributed by atoms with Crippen LogP contribution in [0.25, 0.3) is 0 Å². The molecule has 4 amide bonds. The molecule has 1 aromatic rings. The lowest BCUT2D eigenvalue weighted by molar-refractivity contribution is -0.142. The van der Waals surface area contributed by atoms with Crippen LogP contribution in [0.15, 0.2) is 30.3 Å². The van der Waals surface area contributed by atoms with Crippen LogP contribution in [0.2, 0.25) is 0 Å². The molecule has 1 heterocycles. The monoisotopic (exact) mass is 244 g/mol. The predicted octanol–water partition coefficient (Wildman–Crippen LogP) is 1.39. The minimum absolute atomic E-state index is 0.371. The van der Waals surface area contributed by atoms with Gasteiger partial charge in [0.15, 0.2) is 0 Å². The Kier molecular flexibility index (Phi) is 2.08. The Morgan fingerprint density at radius 3 is 2.17 bits per heavy atom. The van der Waals surface area contributed by atoms with Gasteiger partial charge in [0.1, 0.15) is 5.41 Å². The van der Waals surface area contributed by atoms with E-state index in [1.165, 1.54) is 7.05 Å². The van der Waals surface area contributed by atoms with Crippen molar-refractivity contribution in [1.82, 2.24) is 4.90 Å². The molecule has 0 bridgehead atoms. The molecule has 1 aliphatic heterocycles. The first-order chi connectivity index (χ1) is 8.58. The number of rotatable bonds is 1. The summed E-state index contributed by atoms with van der Waals surface area (Å²) in [5, 5.41) is 0. The average Bonchev–Trinajstić information content (AvgIpc) is 3.18. The fraction of sp³-hybridized carbons (Fsp3) is 0.308. The zero-order valence-electron chi connectivity index (χ0n) is 9.92. The van der Waals surface area contributed by atoms with E-state index in [9.17, 15) is 14.4 Å². The molecule has 3 rings (SSSR count). The van der Waals surface area contributed by atoms with E-state index < -0.39 is 11.4 Å². The maximum absolute atomic E-state index is 12.3. The number of hydrogen-bond donors (Lipinski definition) is 0. The average molecular weight is 244 g/mol. The highest BCUT2D eigenvalue weighted by Gasteiger charge is 2.64. The third-order valence-corrected chi connectivity index (χ3v) is 3.57. The van der Waals surface area contributed by atoms with E-state index in [0.717, 1.165) is 9.80 Å². The first-order valence-corrected chi connectivity index (χ1v) is 5.80. The Bertz CT molecular complexity index is 549. The molecule has 5 heteroatoms. The second-order valence-corrected chi connectivity index (χ2v) is 4.70. The zero-order chi connectivity index (χ0) is 12.9. The molecule has 0 atom stereocenters. The summed E-state index contributed by atoms with van der Waals surface area (Å²) in [6.07, 6.45) is 1.07. The maximum atomic E-state index is 12.3. The summed E-state index contributed by atoms with van der Waals surface area (Å²) >= 11 is 0. The first-order valence-electron chi connectivity index (χ1n) is 5.80. The van der Waals surface area contributed by atoms with Crippen LogP contribution >= 0.6 is 0 Å². The van der Waals surface area contributed by atoms with E-state index in [-0.39, 0.29) is 11.8 Å². The number of anilines is 1. The van der Waals surface area contributed by atoms with Crippen LogP contribution in [0, 0.1) is 5.41 Å². The molecule has 1 spiro atoms. The lowest BCUT2D eigenvalue weighted by Crippen LogP contribution is -2.59. The molecule has 1 saturated heterocycles. The molecule has 0 aromatic heterocycles. The number of imide groups is 2. The summed E-state index contributed by atoms with van der Waals surface area (Å²) in [4.78, 5) is 38.5. The lowest BCUT2D eigenvalue weighted by atomic mass is 10.0. The van der Waals surface area contributed by atoms with E-state index in [4.69, 9.17) is 0 Å². The summed E-state index contributed by atoms with van der Waals surface area (Å²) in [5.74, 6) is -0.758. The number of nitrogens with zero attached hydrogens (tertiary/aromatic N) is 2. The van der Waals surface area contributed by atoms with Crippen LogP contribution < -0.4 is 4.90 Å². The fourth-order valence-corrected chi connectivity index (χ4v) is 2.31. The van der Waals surface area contributed by atoms with Gasteiger partial charge in [0.05, 0.1) is 5.69 Å². The van der Waals surface area contributed by atoms with Crippen molar-refractivity contribution in [2.75, 3.05) is 11.9 Å². The molecule has 1 aliphatic carbocycles. The highest BCUT2D eigenvalue weighted by Crippen LogP contribution is 2.51. The number of carbonyl (C=O) groups is 3. The van der Waals surface area contributed by atoms with Crippen molar-refractivity contribution in [3.8, 4) is 0 Å². The molecule has 0 unspecified atom stereocenters. The van der Waals surface area contributed by atoms with E-state index in [1.54, 1.807) is 24.3 Å². The van der Waals surface area contributed by atoms with Crippen molar-refractivity contribution < 1.29 is 14.4 Å². The van der Waals surface area contributed by atoms with E-state index in [2.05, 4.69) is 0 Å². The quantitative estimate of drug-likeness (QED) is 0.701. The van der Waals surface area contributed by atoms with Crippen molar-refractivity contribution in [1.29, 1.82) is 0 Å². The number of hydrogen-bond acceptors (Lipinski definition) is 3. The minimum Gasteiger partial charge on any atom is -0.273 e. The van der Waals surface area contributed by atoms with Gasteiger partial charge in [-0.3, -0.25) is 14.5 Å². The zero-order valence-corrected chi connectivity index (χ0v) is 9.92. The van der Waals surface area contributed by atoms with Crippen LogP contribution in [-0.4, -0.2) is 29.8 Å². The number of carbonyl (C=O) groups excluding carboxylic acids is 3. The van der Waals surface area contributed by atoms with Gasteiger partial charge in [-0.15, -0.1) is 0 Å². The van der Waals surface area contributed by atoms with Gasteiger partial charge in [-0.05, 0) is 25.0 Å². The van der Waals surface area contributed by atoms with Gasteiger partial charge >= 0.3 is 6.03 Å². The molecular formula is C13H12N2O3. The first kappa shape index (κ1) is 11.0. The fourth-order valence-electron chi connectivity index (χ4n) is 2.31. The number of para-hydroxylation sites is 1. The molecule has 18 heavy (non-hydrogen) atoms. The number of benzene rings is 1. The second-order valence-electron chi connectivity index (χ2n) is 4.70. The Labute approximate surface area is 104 Å². The van der Waals surface area contributed by atoms with E-state index >= 15 is 0 Å². The topological polar surface area (TPSA) is 57.7 Å². The van der Waals surface area contributed by atoms with Gasteiger partial charge in [0.2, 0.25) is 5.91 Å². The number of amides is 4. The number of urea groups is 1. The maximum Gasteiger partial charge on any atom is 0.337 e. The van der Waals surface area contributed by atoms with Gasteiger partial charge in [-0.1, -0.05) is 18.2 Å². The summed E-state index contributed by atoms with van der Waals surface area (Å²) < 4.78 is 0. The largest absolute Gasteiger partial charge is 0.337 e. The normalized spacial score (nSPS) is 21.7. The Morgan fingerprint density at radius 1 is 1.00 bits per heavy atom. The van der Waals surface area contributed by atoms with Crippen molar-refractivity contribution >= 4 is 23.5 Å². The second kappa shape index (κ2) is 3.41. The third kappa shape index (κ3) is 1.24. The molecule has 5 nitrogen and oxygen atoms in total. The third-order valence-electron chi connectivity index (χ3n) is 3.57. The van der Waals surface area contributed by atoms with Crippen molar-refractivity contribution in [2.24, 2.45) is 5.41 Å². The molecule has 1 saturated carbocycles. The molecule has 2 fully saturated rings. The van der Waals surface area contributed by atoms with Crippen molar-refractivity contribution in [3.05, 3.63) is 30.3 Å². The van der Waals surface area contributed by atoms with Gasteiger partial charge in [0.25, 0.3) is 5.91 Å². The van der Waals surface area contributed by atoms with Crippen molar-refractivity contribution in [3.63, 3.8) is 0 Å². The van der Waals surface area contributed by atoms with Gasteiger partial charge in [0, 0.05) is 7.05 Å². The molecule has 1 aromatic carbocycles. The van der Waals surface area contributed by atoms with Crippen LogP contribution in [0.1, 0.15) is 12.8 Å². The summed E-state index contributed by atoms with van der Waals surface area (Å²) in [7, 11) is 1.42. The molecule has 0 radical (unpaired) electrons. The van der Waals surface area contributed by atoms with Crippen LogP contribution in [-0.2, 0) is 9.59 Å². The minimum atomic E-state index is -0.974. The smallest absolute Gasteiger partial charge is 0.273 e. The molecule has 92 valence electrons. The Morgan fingerprint density at radius 2 is 1.61 bits per heavy atom. The van der Waals surface area contributed by atoms with Gasteiger partial charge in [-0.2, -0.15) is 0 Å². The standard InChI is InChI=1S/C13H12N2O3/c1-14-10(16)13(7-8-13)11(17)15(12(14)18)9-5-3-2-4-6-9/h2-6H,7-8H2,1H3. The van der Waals surface area contributed by atoms with Crippen molar-refractivity contribution in [2.45, 2.75) is 12.8 Å². The van der Waals surface area contributed by atoms with Gasteiger partial charge in [-0.25, -0.2) is 9.69 Å². The van der Waals surface area contributed by atoms with Crippen LogP contribution in [0.3, 0.4) is 0 Å². The highest BCUT2D eigenvalue weighted by molar-refractivity contribution is 6.30. The Balaban J connectivity index is 2.07. The van der Waals surface area contributed by atoms with Crippen LogP contribution in [0.5, 0.6) is 0 Å². The van der Waals surface area contributed by atoms with E-state index in [1.807, 2.05) is 6.07 Å². The highest BCUT2D eigenvalue weighted by atomic mass is 16.2. The van der Waals surface area contributed by atoms with Gasteiger partial charge < -0.3 is 0 Å². The Hall–Kier alpha value is -2.17. The molecular weight excluding hydrogens is 232 g/mol. The summed E-state index contributed by atoms with van der Waals surface area (Å²) in [6, 6.07) is 8.13. The summed E-state index contributed by atoms with van der Waals surface area (Å²) in [6.45, 7) is 0. The number of barbiturate groups is 1.